The minimum Gasteiger partial charge on any atom is -0.395 e. The van der Waals surface area contributed by atoms with Crippen LogP contribution in [-0.4, -0.2) is 44.9 Å². The Labute approximate surface area is 113 Å². The molecule has 19 heavy (non-hydrogen) atoms. The lowest BCUT2D eigenvalue weighted by atomic mass is 10.2. The van der Waals surface area contributed by atoms with Crippen LogP contribution in [0, 0.1) is 0 Å². The first-order valence-corrected chi connectivity index (χ1v) is 6.79. The standard InChI is InChI=1S/C14H21N3O2/c1-16-11-12(10-15-16)6-7-14(19)17(8-9-18)13-4-2-3-5-13/h6-7,10-11,13,18H,2-5,8-9H2,1H3/b7-6+. The molecule has 1 aliphatic rings. The summed E-state index contributed by atoms with van der Waals surface area (Å²) in [5, 5.41) is 13.2. The van der Waals surface area contributed by atoms with Crippen molar-refractivity contribution in [2.75, 3.05) is 13.2 Å². The summed E-state index contributed by atoms with van der Waals surface area (Å²) in [7, 11) is 1.84. The van der Waals surface area contributed by atoms with Gasteiger partial charge in [0.1, 0.15) is 0 Å². The van der Waals surface area contributed by atoms with E-state index in [1.165, 1.54) is 12.8 Å². The van der Waals surface area contributed by atoms with Gasteiger partial charge in [-0.3, -0.25) is 9.48 Å². The lowest BCUT2D eigenvalue weighted by molar-refractivity contribution is -0.128. The molecule has 1 fully saturated rings. The molecule has 104 valence electrons. The van der Waals surface area contributed by atoms with E-state index in [1.807, 2.05) is 13.2 Å². The van der Waals surface area contributed by atoms with Crippen molar-refractivity contribution in [1.82, 2.24) is 14.7 Å². The highest BCUT2D eigenvalue weighted by Gasteiger charge is 2.24. The molecule has 0 aliphatic heterocycles. The number of amides is 1. The van der Waals surface area contributed by atoms with Gasteiger partial charge < -0.3 is 10.0 Å². The molecule has 2 rings (SSSR count). The molecule has 1 amide bonds. The molecule has 0 spiro atoms. The Bertz CT molecular complexity index is 447. The Morgan fingerprint density at radius 2 is 2.32 bits per heavy atom. The van der Waals surface area contributed by atoms with Crippen LogP contribution in [0.25, 0.3) is 6.08 Å². The largest absolute Gasteiger partial charge is 0.395 e. The molecule has 1 heterocycles. The molecule has 1 N–H and O–H groups in total. The average Bonchev–Trinajstić information content (AvgIpc) is 3.04. The normalized spacial score (nSPS) is 16.3. The third-order valence-corrected chi connectivity index (χ3v) is 3.53. The highest BCUT2D eigenvalue weighted by Crippen LogP contribution is 2.23. The van der Waals surface area contributed by atoms with Crippen molar-refractivity contribution in [3.63, 3.8) is 0 Å². The molecule has 0 saturated heterocycles. The van der Waals surface area contributed by atoms with Crippen LogP contribution in [-0.2, 0) is 11.8 Å². The zero-order valence-electron chi connectivity index (χ0n) is 11.3. The van der Waals surface area contributed by atoms with Crippen molar-refractivity contribution < 1.29 is 9.90 Å². The molecule has 1 aromatic heterocycles. The number of nitrogens with zero attached hydrogens (tertiary/aromatic N) is 3. The zero-order valence-corrected chi connectivity index (χ0v) is 11.3. The van der Waals surface area contributed by atoms with Gasteiger partial charge in [0.15, 0.2) is 0 Å². The maximum atomic E-state index is 12.2. The fourth-order valence-corrected chi connectivity index (χ4v) is 2.59. The first-order chi connectivity index (χ1) is 9.20. The van der Waals surface area contributed by atoms with Crippen LogP contribution in [0.5, 0.6) is 0 Å². The molecule has 0 aromatic carbocycles. The maximum absolute atomic E-state index is 12.2. The maximum Gasteiger partial charge on any atom is 0.246 e. The van der Waals surface area contributed by atoms with E-state index in [0.29, 0.717) is 6.54 Å². The third kappa shape index (κ3) is 3.67. The minimum atomic E-state index is -0.0233. The van der Waals surface area contributed by atoms with Gasteiger partial charge in [0.25, 0.3) is 0 Å². The molecule has 0 bridgehead atoms. The number of aryl methyl sites for hydroxylation is 1. The van der Waals surface area contributed by atoms with E-state index < -0.39 is 0 Å². The number of hydrogen-bond acceptors (Lipinski definition) is 3. The average molecular weight is 263 g/mol. The molecule has 0 unspecified atom stereocenters. The number of rotatable bonds is 5. The van der Waals surface area contributed by atoms with Crippen LogP contribution < -0.4 is 0 Å². The first kappa shape index (κ1) is 13.8. The Morgan fingerprint density at radius 3 is 2.89 bits per heavy atom. The van der Waals surface area contributed by atoms with Crippen LogP contribution in [0.3, 0.4) is 0 Å². The molecule has 0 atom stereocenters. The second-order valence-electron chi connectivity index (χ2n) is 4.97. The van der Waals surface area contributed by atoms with Crippen LogP contribution in [0.2, 0.25) is 0 Å². The second kappa shape index (κ2) is 6.52. The molecule has 1 aromatic rings. The monoisotopic (exact) mass is 263 g/mol. The number of aromatic nitrogens is 2. The Hall–Kier alpha value is -1.62. The summed E-state index contributed by atoms with van der Waals surface area (Å²) >= 11 is 0. The Balaban J connectivity index is 2.00. The van der Waals surface area contributed by atoms with Crippen molar-refractivity contribution in [2.45, 2.75) is 31.7 Å². The van der Waals surface area contributed by atoms with Gasteiger partial charge in [-0.1, -0.05) is 12.8 Å². The van der Waals surface area contributed by atoms with E-state index in [4.69, 9.17) is 5.11 Å². The highest BCUT2D eigenvalue weighted by molar-refractivity contribution is 5.92. The summed E-state index contributed by atoms with van der Waals surface area (Å²) < 4.78 is 1.70. The van der Waals surface area contributed by atoms with E-state index in [2.05, 4.69) is 5.10 Å². The van der Waals surface area contributed by atoms with E-state index >= 15 is 0 Å². The second-order valence-corrected chi connectivity index (χ2v) is 4.97. The molecule has 0 radical (unpaired) electrons. The number of carbonyl (C=O) groups is 1. The predicted molar refractivity (Wildman–Crippen MR) is 73.3 cm³/mol. The van der Waals surface area contributed by atoms with Crippen molar-refractivity contribution >= 4 is 12.0 Å². The van der Waals surface area contributed by atoms with Gasteiger partial charge in [0, 0.05) is 37.5 Å². The summed E-state index contributed by atoms with van der Waals surface area (Å²) in [4.78, 5) is 14.0. The van der Waals surface area contributed by atoms with Crippen molar-refractivity contribution in [1.29, 1.82) is 0 Å². The van der Waals surface area contributed by atoms with Crippen LogP contribution >= 0.6 is 0 Å². The highest BCUT2D eigenvalue weighted by atomic mass is 16.3. The molecule has 5 nitrogen and oxygen atoms in total. The zero-order chi connectivity index (χ0) is 13.7. The summed E-state index contributed by atoms with van der Waals surface area (Å²) in [6, 6.07) is 0.290. The first-order valence-electron chi connectivity index (χ1n) is 6.79. The number of aliphatic hydroxyl groups is 1. The van der Waals surface area contributed by atoms with Gasteiger partial charge in [0.2, 0.25) is 5.91 Å². The smallest absolute Gasteiger partial charge is 0.246 e. The summed E-state index contributed by atoms with van der Waals surface area (Å²) in [5.74, 6) is -0.0233. The van der Waals surface area contributed by atoms with Crippen LogP contribution in [0.1, 0.15) is 31.2 Å². The van der Waals surface area contributed by atoms with Crippen molar-refractivity contribution in [3.8, 4) is 0 Å². The van der Waals surface area contributed by atoms with Crippen molar-refractivity contribution in [2.24, 2.45) is 7.05 Å². The minimum absolute atomic E-state index is 0.0168. The van der Waals surface area contributed by atoms with E-state index in [1.54, 1.807) is 27.9 Å². The molecular weight excluding hydrogens is 242 g/mol. The molecular formula is C14H21N3O2. The fraction of sp³-hybridized carbons (Fsp3) is 0.571. The van der Waals surface area contributed by atoms with E-state index in [0.717, 1.165) is 18.4 Å². The summed E-state index contributed by atoms with van der Waals surface area (Å²) in [5.41, 5.74) is 0.909. The van der Waals surface area contributed by atoms with Crippen molar-refractivity contribution in [3.05, 3.63) is 24.0 Å². The molecule has 1 aliphatic carbocycles. The predicted octanol–water partition coefficient (Wildman–Crippen LogP) is 1.20. The van der Waals surface area contributed by atoms with Crippen LogP contribution in [0.4, 0.5) is 0 Å². The van der Waals surface area contributed by atoms with Gasteiger partial charge in [-0.2, -0.15) is 5.10 Å². The van der Waals surface area contributed by atoms with E-state index in [9.17, 15) is 4.79 Å². The fourth-order valence-electron chi connectivity index (χ4n) is 2.59. The Kier molecular flexibility index (Phi) is 4.74. The topological polar surface area (TPSA) is 58.4 Å². The number of carbonyl (C=O) groups excluding carboxylic acids is 1. The SMILES string of the molecule is Cn1cc(/C=C/C(=O)N(CCO)C2CCCC2)cn1. The van der Waals surface area contributed by atoms with Gasteiger partial charge in [-0.05, 0) is 18.9 Å². The lowest BCUT2D eigenvalue weighted by Crippen LogP contribution is -2.39. The quantitative estimate of drug-likeness (QED) is 0.812. The lowest BCUT2D eigenvalue weighted by Gasteiger charge is -2.27. The molecule has 1 saturated carbocycles. The number of hydrogen-bond donors (Lipinski definition) is 1. The van der Waals surface area contributed by atoms with Gasteiger partial charge in [-0.25, -0.2) is 0 Å². The van der Waals surface area contributed by atoms with E-state index in [-0.39, 0.29) is 18.6 Å². The summed E-state index contributed by atoms with van der Waals surface area (Å²) in [6.45, 7) is 0.434. The van der Waals surface area contributed by atoms with Crippen LogP contribution in [0.15, 0.2) is 18.5 Å². The number of aliphatic hydroxyl groups excluding tert-OH is 1. The van der Waals surface area contributed by atoms with Gasteiger partial charge in [0.05, 0.1) is 12.8 Å². The third-order valence-electron chi connectivity index (χ3n) is 3.53. The van der Waals surface area contributed by atoms with Gasteiger partial charge in [-0.15, -0.1) is 0 Å². The molecule has 5 heteroatoms. The Morgan fingerprint density at radius 1 is 1.58 bits per heavy atom. The summed E-state index contributed by atoms with van der Waals surface area (Å²) in [6.07, 6.45) is 11.4. The van der Waals surface area contributed by atoms with Gasteiger partial charge >= 0.3 is 0 Å².